The zero-order valence-corrected chi connectivity index (χ0v) is 16.0. The molecule has 0 radical (unpaired) electrons. The van der Waals surface area contributed by atoms with Crippen molar-refractivity contribution in [3.8, 4) is 0 Å². The Morgan fingerprint density at radius 2 is 0.714 bits per heavy atom. The molecule has 0 aromatic carbocycles. The Balaban J connectivity index is 0. The molecule has 0 spiro atoms. The van der Waals surface area contributed by atoms with Gasteiger partial charge in [0.25, 0.3) is 0 Å². The first-order valence-electron chi connectivity index (χ1n) is 0. The van der Waals surface area contributed by atoms with Crippen LogP contribution < -0.4 is 24.8 Å². The zero-order chi connectivity index (χ0) is 0. The van der Waals surface area contributed by atoms with E-state index < -0.39 is 0 Å². The van der Waals surface area contributed by atoms with Crippen molar-refractivity contribution in [3.63, 3.8) is 0 Å². The molecule has 7 heteroatoms. The molecule has 0 unspecified atom stereocenters. The van der Waals surface area contributed by atoms with E-state index in [0.717, 1.165) is 0 Å². The third-order valence-corrected chi connectivity index (χ3v) is 0. The monoisotopic (exact) mass is 268 g/mol. The Bertz CT molecular complexity index is 26.6. The van der Waals surface area contributed by atoms with Crippen LogP contribution >= 0.6 is 0 Å². The van der Waals surface area contributed by atoms with Crippen LogP contribution in [0.15, 0.2) is 0 Å². The summed E-state index contributed by atoms with van der Waals surface area (Å²) in [7, 11) is 0. The van der Waals surface area contributed by atoms with Crippen LogP contribution in [0.3, 0.4) is 0 Å². The Morgan fingerprint density at radius 1 is 0.714 bits per heavy atom. The normalized spacial score (nSPS) is 0. The average Bonchev–Trinajstić information content (AvgIpc) is 0. The summed E-state index contributed by atoms with van der Waals surface area (Å²) in [5.41, 5.74) is 0. The van der Waals surface area contributed by atoms with E-state index in [1.54, 1.807) is 0 Å². The van der Waals surface area contributed by atoms with Crippen LogP contribution in [0.25, 0.3) is 0 Å². The Hall–Kier alpha value is 5.26. The SMILES string of the molecule is [Ca+2].[Ca+2].[Cl-].[Cl-].[H-].[H-].[H-].[H-].[H-].[H-].[Mg+2].[Mg+2].[Zn]. The maximum absolute atomic E-state index is 0. The Labute approximate surface area is 170 Å². The van der Waals surface area contributed by atoms with Crippen LogP contribution in [-0.4, -0.2) is 122 Å². The van der Waals surface area contributed by atoms with E-state index in [2.05, 4.69) is 0 Å². The van der Waals surface area contributed by atoms with Crippen molar-refractivity contribution in [1.82, 2.24) is 0 Å². The van der Waals surface area contributed by atoms with Gasteiger partial charge in [-0.2, -0.15) is 0 Å². The fourth-order valence-electron chi connectivity index (χ4n) is 0. The third kappa shape index (κ3) is 34.9. The van der Waals surface area contributed by atoms with Crippen molar-refractivity contribution < 1.29 is 52.9 Å². The van der Waals surface area contributed by atoms with Gasteiger partial charge in [0, 0.05) is 19.5 Å². The van der Waals surface area contributed by atoms with Gasteiger partial charge < -0.3 is 33.4 Å². The molecule has 0 saturated heterocycles. The van der Waals surface area contributed by atoms with Crippen LogP contribution in [0.4, 0.5) is 0 Å². The molecule has 0 aliphatic heterocycles. The van der Waals surface area contributed by atoms with E-state index in [9.17, 15) is 0 Å². The van der Waals surface area contributed by atoms with Gasteiger partial charge in [0.1, 0.15) is 0 Å². The second kappa shape index (κ2) is 42.9. The largest absolute Gasteiger partial charge is 2.00 e. The smallest absolute Gasteiger partial charge is 1.00 e. The van der Waals surface area contributed by atoms with Gasteiger partial charge in [-0.25, -0.2) is 0 Å². The van der Waals surface area contributed by atoms with Crippen LogP contribution in [0.2, 0.25) is 0 Å². The van der Waals surface area contributed by atoms with Crippen molar-refractivity contribution in [2.45, 2.75) is 0 Å². The first-order valence-corrected chi connectivity index (χ1v) is 0. The van der Waals surface area contributed by atoms with E-state index in [-0.39, 0.29) is 174 Å². The Kier molecular flexibility index (Phi) is 344. The zero-order valence-electron chi connectivity index (χ0n) is 10.3. The first kappa shape index (κ1) is 56.2. The minimum Gasteiger partial charge on any atom is -1.00 e. The van der Waals surface area contributed by atoms with Gasteiger partial charge in [-0.1, -0.05) is 0 Å². The van der Waals surface area contributed by atoms with Gasteiger partial charge in [-0.15, -0.1) is 0 Å². The Morgan fingerprint density at radius 3 is 0.714 bits per heavy atom. The molecule has 0 nitrogen and oxygen atoms in total. The number of halogens is 2. The van der Waals surface area contributed by atoms with Crippen molar-refractivity contribution in [3.05, 3.63) is 0 Å². The molecule has 0 heterocycles. The summed E-state index contributed by atoms with van der Waals surface area (Å²) < 4.78 is 0. The topological polar surface area (TPSA) is 0 Å². The second-order valence-corrected chi connectivity index (χ2v) is 0. The molecule has 0 rings (SSSR count). The van der Waals surface area contributed by atoms with Gasteiger partial charge in [-0.3, -0.25) is 0 Å². The minimum atomic E-state index is 0. The van der Waals surface area contributed by atoms with E-state index >= 15 is 0 Å². The third-order valence-electron chi connectivity index (χ3n) is 0. The molecule has 0 aliphatic carbocycles. The van der Waals surface area contributed by atoms with Crippen molar-refractivity contribution in [2.24, 2.45) is 0 Å². The van der Waals surface area contributed by atoms with Crippen molar-refractivity contribution in [2.75, 3.05) is 0 Å². The molecular formula is H6Ca2Cl2Mg2Zn. The molecule has 0 N–H and O–H groups in total. The molecule has 0 fully saturated rings. The molecule has 0 atom stereocenters. The van der Waals surface area contributed by atoms with E-state index in [4.69, 9.17) is 0 Å². The average molecular weight is 271 g/mol. The molecule has 0 aromatic heterocycles. The quantitative estimate of drug-likeness (QED) is 0.384. The van der Waals surface area contributed by atoms with E-state index in [1.165, 1.54) is 0 Å². The van der Waals surface area contributed by atoms with E-state index in [0.29, 0.717) is 0 Å². The maximum atomic E-state index is 0. The maximum Gasteiger partial charge on any atom is 2.00 e. The van der Waals surface area contributed by atoms with Gasteiger partial charge in [0.05, 0.1) is 0 Å². The minimum absolute atomic E-state index is 0. The predicted molar refractivity (Wildman–Crippen MR) is 29.7 cm³/mol. The molecule has 30 valence electrons. The molecule has 0 aromatic rings. The predicted octanol–water partition coefficient (Wildman–Crippen LogP) is -6.84. The fraction of sp³-hybridized carbons (Fsp3) is 0. The number of hydrogen-bond donors (Lipinski definition) is 0. The number of hydrogen-bond acceptors (Lipinski definition) is 0. The molecule has 0 amide bonds. The van der Waals surface area contributed by atoms with Crippen LogP contribution in [0, 0.1) is 0 Å². The molecular weight excluding hydrogens is 265 g/mol. The van der Waals surface area contributed by atoms with Gasteiger partial charge in [0.2, 0.25) is 0 Å². The van der Waals surface area contributed by atoms with Gasteiger partial charge in [0.15, 0.2) is 0 Å². The summed E-state index contributed by atoms with van der Waals surface area (Å²) in [6.07, 6.45) is 0. The summed E-state index contributed by atoms with van der Waals surface area (Å²) in [4.78, 5) is 0. The number of rotatable bonds is 0. The van der Waals surface area contributed by atoms with Gasteiger partial charge in [-0.05, 0) is 0 Å². The van der Waals surface area contributed by atoms with Crippen molar-refractivity contribution in [1.29, 1.82) is 0 Å². The summed E-state index contributed by atoms with van der Waals surface area (Å²) >= 11 is 0. The molecule has 0 bridgehead atoms. The van der Waals surface area contributed by atoms with Crippen LogP contribution in [0.5, 0.6) is 0 Å². The van der Waals surface area contributed by atoms with Crippen LogP contribution in [-0.2, 0) is 19.5 Å². The molecule has 0 saturated carbocycles. The van der Waals surface area contributed by atoms with E-state index in [1.807, 2.05) is 0 Å². The van der Waals surface area contributed by atoms with Crippen LogP contribution in [0.1, 0.15) is 8.56 Å². The summed E-state index contributed by atoms with van der Waals surface area (Å²) in [5, 5.41) is 0. The first-order chi connectivity index (χ1) is 0. The standard InChI is InChI=1S/2Ca.2ClH.2Mg.Zn.6H/h;;2*1H;;;;;;;;;/q2*+2;;;2*+2;;6*-1/p-2. The van der Waals surface area contributed by atoms with Crippen molar-refractivity contribution >= 4 is 122 Å². The summed E-state index contributed by atoms with van der Waals surface area (Å²) in [6.45, 7) is 0. The summed E-state index contributed by atoms with van der Waals surface area (Å²) in [6, 6.07) is 0. The molecule has 7 heavy (non-hydrogen) atoms. The molecule has 0 aliphatic rings. The summed E-state index contributed by atoms with van der Waals surface area (Å²) in [5.74, 6) is 0. The fourth-order valence-corrected chi connectivity index (χ4v) is 0. The second-order valence-electron chi connectivity index (χ2n) is 0. The van der Waals surface area contributed by atoms with Gasteiger partial charge >= 0.3 is 122 Å².